The van der Waals surface area contributed by atoms with Crippen LogP contribution in [0.25, 0.3) is 0 Å². The van der Waals surface area contributed by atoms with Crippen LogP contribution in [0, 0.1) is 0 Å². The monoisotopic (exact) mass is 904 g/mol. The largest absolute Gasteiger partial charge is 0.394 e. The summed E-state index contributed by atoms with van der Waals surface area (Å²) in [6.07, 6.45) is 47.4. The van der Waals surface area contributed by atoms with Crippen LogP contribution in [0.5, 0.6) is 0 Å². The van der Waals surface area contributed by atoms with Gasteiger partial charge in [-0.3, -0.25) is 4.79 Å². The molecule has 1 heterocycles. The van der Waals surface area contributed by atoms with Gasteiger partial charge in [-0.15, -0.1) is 0 Å². The van der Waals surface area contributed by atoms with Crippen LogP contribution < -0.4 is 5.32 Å². The van der Waals surface area contributed by atoms with E-state index in [9.17, 15) is 35.4 Å². The van der Waals surface area contributed by atoms with Crippen LogP contribution in [0.4, 0.5) is 0 Å². The molecule has 1 saturated heterocycles. The second-order valence-electron chi connectivity index (χ2n) is 18.1. The predicted octanol–water partition coefficient (Wildman–Crippen LogP) is 10.9. The van der Waals surface area contributed by atoms with Gasteiger partial charge in [0.2, 0.25) is 5.91 Å². The Morgan fingerprint density at radius 1 is 0.547 bits per heavy atom. The van der Waals surface area contributed by atoms with Gasteiger partial charge in [0.15, 0.2) is 6.29 Å². The van der Waals surface area contributed by atoms with Crippen molar-refractivity contribution in [3.8, 4) is 0 Å². The first-order chi connectivity index (χ1) is 31.3. The number of hydrogen-bond acceptors (Lipinski definition) is 9. The highest BCUT2D eigenvalue weighted by Gasteiger charge is 2.44. The van der Waals surface area contributed by atoms with Crippen molar-refractivity contribution in [1.29, 1.82) is 0 Å². The Bertz CT molecular complexity index is 1200. The second-order valence-corrected chi connectivity index (χ2v) is 18.1. The molecule has 0 aromatic rings. The smallest absolute Gasteiger partial charge is 0.249 e. The highest BCUT2D eigenvalue weighted by atomic mass is 16.7. The van der Waals surface area contributed by atoms with E-state index < -0.39 is 61.5 Å². The summed E-state index contributed by atoms with van der Waals surface area (Å²) >= 11 is 0. The van der Waals surface area contributed by atoms with Crippen LogP contribution in [0.3, 0.4) is 0 Å². The Balaban J connectivity index is 2.38. The van der Waals surface area contributed by atoms with Crippen molar-refractivity contribution in [1.82, 2.24) is 5.32 Å². The number of aliphatic hydroxyl groups is 6. The molecule has 0 aromatic carbocycles. The molecule has 0 saturated carbocycles. The van der Waals surface area contributed by atoms with E-state index >= 15 is 0 Å². The Morgan fingerprint density at radius 2 is 0.969 bits per heavy atom. The Labute approximate surface area is 390 Å². The highest BCUT2D eigenvalue weighted by Crippen LogP contribution is 2.23. The van der Waals surface area contributed by atoms with Crippen LogP contribution in [0.15, 0.2) is 60.8 Å². The van der Waals surface area contributed by atoms with E-state index in [2.05, 4.69) is 67.8 Å². The summed E-state index contributed by atoms with van der Waals surface area (Å²) in [6.45, 7) is 3.58. The zero-order valence-electron chi connectivity index (χ0n) is 40.6. The van der Waals surface area contributed by atoms with Crippen molar-refractivity contribution in [2.24, 2.45) is 0 Å². The summed E-state index contributed by atoms with van der Waals surface area (Å²) in [5.74, 6) is -0.639. The van der Waals surface area contributed by atoms with Gasteiger partial charge in [0.05, 0.1) is 25.4 Å². The number of ether oxygens (including phenoxy) is 2. The first-order valence-corrected chi connectivity index (χ1v) is 26.1. The van der Waals surface area contributed by atoms with E-state index in [-0.39, 0.29) is 13.0 Å². The average Bonchev–Trinajstić information content (AvgIpc) is 3.29. The molecule has 10 nitrogen and oxygen atoms in total. The molecular weight excluding hydrogens is 807 g/mol. The second kappa shape index (κ2) is 43.4. The molecule has 0 radical (unpaired) electrons. The quantitative estimate of drug-likeness (QED) is 0.0233. The van der Waals surface area contributed by atoms with Crippen LogP contribution in [0.1, 0.15) is 213 Å². The zero-order chi connectivity index (χ0) is 46.7. The van der Waals surface area contributed by atoms with E-state index in [1.165, 1.54) is 109 Å². The van der Waals surface area contributed by atoms with Crippen LogP contribution in [0.2, 0.25) is 0 Å². The molecule has 372 valence electrons. The molecule has 8 atom stereocenters. The van der Waals surface area contributed by atoms with Gasteiger partial charge in [-0.2, -0.15) is 0 Å². The number of carbonyl (C=O) groups is 1. The minimum atomic E-state index is -1.62. The molecule has 0 aromatic heterocycles. The summed E-state index contributed by atoms with van der Waals surface area (Å²) in [4.78, 5) is 13.1. The minimum Gasteiger partial charge on any atom is -0.394 e. The molecule has 1 amide bonds. The number of allylic oxidation sites excluding steroid dienone is 9. The lowest BCUT2D eigenvalue weighted by atomic mass is 9.99. The number of unbranched alkanes of at least 4 members (excludes halogenated alkanes) is 24. The van der Waals surface area contributed by atoms with Gasteiger partial charge in [0.25, 0.3) is 0 Å². The van der Waals surface area contributed by atoms with E-state index in [4.69, 9.17) is 9.47 Å². The Morgan fingerprint density at radius 3 is 1.45 bits per heavy atom. The van der Waals surface area contributed by atoms with Crippen molar-refractivity contribution in [3.63, 3.8) is 0 Å². The van der Waals surface area contributed by atoms with Crippen molar-refractivity contribution in [2.75, 3.05) is 13.2 Å². The molecule has 64 heavy (non-hydrogen) atoms. The number of nitrogens with one attached hydrogen (secondary N) is 1. The van der Waals surface area contributed by atoms with E-state index in [0.29, 0.717) is 12.8 Å². The first-order valence-electron chi connectivity index (χ1n) is 26.1. The van der Waals surface area contributed by atoms with Gasteiger partial charge in [0, 0.05) is 0 Å². The van der Waals surface area contributed by atoms with Crippen molar-refractivity contribution in [2.45, 2.75) is 262 Å². The van der Waals surface area contributed by atoms with Crippen molar-refractivity contribution in [3.05, 3.63) is 60.8 Å². The van der Waals surface area contributed by atoms with Crippen LogP contribution >= 0.6 is 0 Å². The number of hydrogen-bond donors (Lipinski definition) is 7. The number of rotatable bonds is 43. The number of carbonyl (C=O) groups excluding carboxylic acids is 1. The molecule has 10 heteroatoms. The van der Waals surface area contributed by atoms with E-state index in [1.807, 2.05) is 6.08 Å². The third-order valence-corrected chi connectivity index (χ3v) is 12.2. The van der Waals surface area contributed by atoms with E-state index in [1.54, 1.807) is 6.08 Å². The summed E-state index contributed by atoms with van der Waals surface area (Å²) < 4.78 is 11.1. The SMILES string of the molecule is CCCCCCCCC/C=C/CC/C=C/CC/C=C/C(O)C(COC1OC(CO)C(O)C(O)C1O)NC(=O)C(O)CCCCCCCC/C=C\C/C=C\CCCCCCCCCCC. The predicted molar refractivity (Wildman–Crippen MR) is 264 cm³/mol. The number of amides is 1. The molecule has 8 unspecified atom stereocenters. The Kier molecular flexibility index (Phi) is 40.6. The minimum absolute atomic E-state index is 0.286. The lowest BCUT2D eigenvalue weighted by Crippen LogP contribution is -2.60. The fourth-order valence-electron chi connectivity index (χ4n) is 7.87. The third-order valence-electron chi connectivity index (χ3n) is 12.2. The Hall–Kier alpha value is -2.15. The molecule has 7 N–H and O–H groups in total. The standard InChI is InChI=1S/C54H97NO9/c1-3-5-7-9-11-13-15-17-19-21-22-23-24-25-27-29-31-33-35-37-39-41-43-48(58)53(62)55-46(45-63-54-52(61)51(60)50(59)49(44-56)64-54)47(57)42-40-38-36-34-32-30-28-26-20-18-16-14-12-10-8-6-4-2/h20,22-23,25-27,32,34,40,42,46-52,54,56-61H,3-19,21,24,28-31,33,35-39,41,43-45H2,1-2H3,(H,55,62)/b23-22-,26-20+,27-25-,34-32+,42-40+. The molecule has 1 fully saturated rings. The van der Waals surface area contributed by atoms with Gasteiger partial charge in [-0.25, -0.2) is 0 Å². The molecule has 0 bridgehead atoms. The van der Waals surface area contributed by atoms with E-state index in [0.717, 1.165) is 70.6 Å². The molecule has 1 aliphatic rings. The van der Waals surface area contributed by atoms with Crippen LogP contribution in [-0.4, -0.2) is 98.7 Å². The fraction of sp³-hybridized carbons (Fsp3) is 0.796. The van der Waals surface area contributed by atoms with Gasteiger partial charge in [0.1, 0.15) is 30.5 Å². The zero-order valence-corrected chi connectivity index (χ0v) is 40.6. The maximum absolute atomic E-state index is 13.1. The normalized spacial score (nSPS) is 21.0. The summed E-state index contributed by atoms with van der Waals surface area (Å²) in [6, 6.07) is -1.01. The fourth-order valence-corrected chi connectivity index (χ4v) is 7.87. The molecule has 0 spiro atoms. The molecule has 1 rings (SSSR count). The maximum Gasteiger partial charge on any atom is 0.249 e. The highest BCUT2D eigenvalue weighted by molar-refractivity contribution is 5.80. The van der Waals surface area contributed by atoms with Gasteiger partial charge in [-0.05, 0) is 77.0 Å². The van der Waals surface area contributed by atoms with Crippen molar-refractivity contribution >= 4 is 5.91 Å². The molecular formula is C54H97NO9. The molecule has 1 aliphatic heterocycles. The third kappa shape index (κ3) is 32.5. The average molecular weight is 904 g/mol. The van der Waals surface area contributed by atoms with Crippen LogP contribution in [-0.2, 0) is 14.3 Å². The van der Waals surface area contributed by atoms with Crippen molar-refractivity contribution < 1.29 is 44.9 Å². The summed E-state index contributed by atoms with van der Waals surface area (Å²) in [5.41, 5.74) is 0. The first kappa shape index (κ1) is 59.9. The summed E-state index contributed by atoms with van der Waals surface area (Å²) in [7, 11) is 0. The lowest BCUT2D eigenvalue weighted by Gasteiger charge is -2.40. The number of aliphatic hydroxyl groups excluding tert-OH is 6. The van der Waals surface area contributed by atoms with Gasteiger partial charge < -0.3 is 45.4 Å². The lowest BCUT2D eigenvalue weighted by molar-refractivity contribution is -0.302. The molecule has 0 aliphatic carbocycles. The maximum atomic E-state index is 13.1. The van der Waals surface area contributed by atoms with Gasteiger partial charge in [-0.1, -0.05) is 197 Å². The summed E-state index contributed by atoms with van der Waals surface area (Å²) in [5, 5.41) is 64.8. The van der Waals surface area contributed by atoms with Gasteiger partial charge >= 0.3 is 0 Å². The topological polar surface area (TPSA) is 169 Å².